The van der Waals surface area contributed by atoms with Crippen LogP contribution < -0.4 is 0 Å². The van der Waals surface area contributed by atoms with Crippen molar-refractivity contribution in [2.45, 2.75) is 122 Å². The average Bonchev–Trinajstić information content (AvgIpc) is 2.96. The Morgan fingerprint density at radius 3 is 1.88 bits per heavy atom. The van der Waals surface area contributed by atoms with Crippen LogP contribution in [0, 0.1) is 0 Å². The molecule has 0 unspecified atom stereocenters. The van der Waals surface area contributed by atoms with Crippen LogP contribution in [0.15, 0.2) is 30.3 Å². The second kappa shape index (κ2) is 19.5. The summed E-state index contributed by atoms with van der Waals surface area (Å²) in [5.74, 6) is -5.65. The maximum Gasteiger partial charge on any atom is 0.380 e. The van der Waals surface area contributed by atoms with Gasteiger partial charge in [0.05, 0.1) is 6.61 Å². The van der Waals surface area contributed by atoms with Gasteiger partial charge in [0.15, 0.2) is 6.10 Å². The fourth-order valence-corrected chi connectivity index (χ4v) is 4.39. The molecule has 40 heavy (non-hydrogen) atoms. The van der Waals surface area contributed by atoms with Gasteiger partial charge < -0.3 is 28.4 Å². The van der Waals surface area contributed by atoms with Crippen molar-refractivity contribution in [2.75, 3.05) is 33.0 Å². The highest BCUT2D eigenvalue weighted by atomic mass is 19.3. The SMILES string of the molecule is CCCCOC[C@H]1O[C@H](C(F)(F)C(=O)OCc2ccccc2)[C@H](OCCCC)[C@@H](OCCCC)[C@H]1OCCCC. The third-order valence-corrected chi connectivity index (χ3v) is 6.82. The summed E-state index contributed by atoms with van der Waals surface area (Å²) in [6.07, 6.45) is 1.00. The molecule has 1 aromatic carbocycles. The van der Waals surface area contributed by atoms with E-state index in [1.54, 1.807) is 30.3 Å². The summed E-state index contributed by atoms with van der Waals surface area (Å²) < 4.78 is 67.4. The molecule has 0 aliphatic carbocycles. The number of carbonyl (C=O) groups excluding carboxylic acids is 1. The Morgan fingerprint density at radius 2 is 1.30 bits per heavy atom. The normalized spacial score (nSPS) is 23.3. The largest absolute Gasteiger partial charge is 0.456 e. The van der Waals surface area contributed by atoms with Gasteiger partial charge in [0.2, 0.25) is 0 Å². The van der Waals surface area contributed by atoms with Gasteiger partial charge in [-0.25, -0.2) is 4.79 Å². The minimum Gasteiger partial charge on any atom is -0.456 e. The van der Waals surface area contributed by atoms with E-state index in [1.165, 1.54) is 0 Å². The summed E-state index contributed by atoms with van der Waals surface area (Å²) in [5.41, 5.74) is 0.610. The molecular weight excluding hydrogens is 522 g/mol. The lowest BCUT2D eigenvalue weighted by Crippen LogP contribution is -2.67. The highest BCUT2D eigenvalue weighted by molar-refractivity contribution is 5.78. The molecule has 1 saturated heterocycles. The van der Waals surface area contributed by atoms with Gasteiger partial charge in [-0.15, -0.1) is 0 Å². The van der Waals surface area contributed by atoms with Crippen LogP contribution in [0.25, 0.3) is 0 Å². The van der Waals surface area contributed by atoms with E-state index >= 15 is 8.78 Å². The molecule has 0 spiro atoms. The second-order valence-corrected chi connectivity index (χ2v) is 10.3. The second-order valence-electron chi connectivity index (χ2n) is 10.3. The number of alkyl halides is 2. The molecule has 1 aliphatic rings. The van der Waals surface area contributed by atoms with Crippen molar-refractivity contribution in [1.29, 1.82) is 0 Å². The number of rotatable bonds is 21. The number of benzene rings is 1. The van der Waals surface area contributed by atoms with E-state index in [0.29, 0.717) is 31.8 Å². The first-order chi connectivity index (χ1) is 19.4. The molecule has 230 valence electrons. The molecule has 1 aliphatic heterocycles. The van der Waals surface area contributed by atoms with Crippen LogP contribution in [0.2, 0.25) is 0 Å². The van der Waals surface area contributed by atoms with Gasteiger partial charge in [-0.1, -0.05) is 83.7 Å². The Bertz CT molecular complexity index is 795. The zero-order valence-electron chi connectivity index (χ0n) is 24.8. The summed E-state index contributed by atoms with van der Waals surface area (Å²) in [6.45, 7) is 9.35. The fraction of sp³-hybridized carbons (Fsp3) is 0.774. The Balaban J connectivity index is 2.37. The van der Waals surface area contributed by atoms with Gasteiger partial charge >= 0.3 is 11.9 Å². The van der Waals surface area contributed by atoms with Gasteiger partial charge in [0.25, 0.3) is 0 Å². The van der Waals surface area contributed by atoms with E-state index in [-0.39, 0.29) is 19.8 Å². The number of hydrogen-bond acceptors (Lipinski definition) is 7. The molecule has 1 fully saturated rings. The summed E-state index contributed by atoms with van der Waals surface area (Å²) in [4.78, 5) is 12.9. The van der Waals surface area contributed by atoms with E-state index in [2.05, 4.69) is 6.92 Å². The van der Waals surface area contributed by atoms with E-state index in [9.17, 15) is 4.79 Å². The molecule has 5 atom stereocenters. The van der Waals surface area contributed by atoms with E-state index in [4.69, 9.17) is 28.4 Å². The van der Waals surface area contributed by atoms with Gasteiger partial charge in [-0.3, -0.25) is 0 Å². The predicted octanol–water partition coefficient (Wildman–Crippen LogP) is 6.51. The van der Waals surface area contributed by atoms with Crippen LogP contribution in [-0.2, 0) is 39.8 Å². The summed E-state index contributed by atoms with van der Waals surface area (Å²) in [7, 11) is 0. The molecule has 9 heteroatoms. The molecule has 0 amide bonds. The van der Waals surface area contributed by atoms with Crippen LogP contribution in [0.4, 0.5) is 8.78 Å². The average molecular weight is 573 g/mol. The summed E-state index contributed by atoms with van der Waals surface area (Å²) in [5, 5.41) is 0. The van der Waals surface area contributed by atoms with Gasteiger partial charge in [-0.2, -0.15) is 8.78 Å². The van der Waals surface area contributed by atoms with Gasteiger partial charge in [-0.05, 0) is 31.2 Å². The first-order valence-electron chi connectivity index (χ1n) is 15.1. The zero-order chi connectivity index (χ0) is 29.2. The maximum absolute atomic E-state index is 16.0. The molecule has 2 rings (SSSR count). The molecule has 0 saturated carbocycles. The molecule has 0 bridgehead atoms. The summed E-state index contributed by atoms with van der Waals surface area (Å²) in [6, 6.07) is 8.72. The quantitative estimate of drug-likeness (QED) is 0.123. The number of carbonyl (C=O) groups is 1. The molecule has 0 aromatic heterocycles. The van der Waals surface area contributed by atoms with Gasteiger partial charge in [0.1, 0.15) is 31.0 Å². The van der Waals surface area contributed by atoms with Crippen molar-refractivity contribution < 1.29 is 42.0 Å². The molecule has 7 nitrogen and oxygen atoms in total. The van der Waals surface area contributed by atoms with Crippen LogP contribution in [0.1, 0.15) is 84.6 Å². The minimum atomic E-state index is -3.99. The number of esters is 1. The topological polar surface area (TPSA) is 72.5 Å². The Kier molecular flexibility index (Phi) is 16.8. The smallest absolute Gasteiger partial charge is 0.380 e. The lowest BCUT2D eigenvalue weighted by molar-refractivity contribution is -0.303. The number of halogens is 2. The minimum absolute atomic E-state index is 0.0394. The van der Waals surface area contributed by atoms with E-state index in [0.717, 1.165) is 44.9 Å². The monoisotopic (exact) mass is 572 g/mol. The van der Waals surface area contributed by atoms with Gasteiger partial charge in [0, 0.05) is 26.4 Å². The van der Waals surface area contributed by atoms with Crippen LogP contribution in [-0.4, -0.2) is 75.4 Å². The molecule has 1 heterocycles. The van der Waals surface area contributed by atoms with Crippen molar-refractivity contribution in [3.05, 3.63) is 35.9 Å². The Morgan fingerprint density at radius 1 is 0.775 bits per heavy atom. The number of ether oxygens (including phenoxy) is 6. The van der Waals surface area contributed by atoms with E-state index < -0.39 is 42.4 Å². The van der Waals surface area contributed by atoms with Crippen LogP contribution in [0.3, 0.4) is 0 Å². The molecule has 0 radical (unpaired) electrons. The van der Waals surface area contributed by atoms with Crippen molar-refractivity contribution >= 4 is 5.97 Å². The summed E-state index contributed by atoms with van der Waals surface area (Å²) >= 11 is 0. The number of unbranched alkanes of at least 4 members (excludes halogenated alkanes) is 4. The zero-order valence-corrected chi connectivity index (χ0v) is 24.8. The first kappa shape index (κ1) is 34.6. The highest BCUT2D eigenvalue weighted by Gasteiger charge is 2.61. The van der Waals surface area contributed by atoms with Crippen molar-refractivity contribution in [3.63, 3.8) is 0 Å². The lowest BCUT2D eigenvalue weighted by Gasteiger charge is -2.47. The first-order valence-corrected chi connectivity index (χ1v) is 15.1. The Hall–Kier alpha value is -1.65. The third-order valence-electron chi connectivity index (χ3n) is 6.82. The predicted molar refractivity (Wildman–Crippen MR) is 150 cm³/mol. The van der Waals surface area contributed by atoms with Crippen LogP contribution in [0.5, 0.6) is 0 Å². The standard InChI is InChI=1S/C31H50F2O7/c1-5-9-18-35-23-25-26(36-19-10-6-2)27(37-20-11-7-3)28(38-21-12-8-4)29(40-25)31(32,33)30(34)39-22-24-16-14-13-15-17-24/h13-17,25-29H,5-12,18-23H2,1-4H3/t25-,26+,27+,28-,29+/m1/s1. The molecule has 1 aromatic rings. The van der Waals surface area contributed by atoms with Crippen molar-refractivity contribution in [1.82, 2.24) is 0 Å². The molecule has 0 N–H and O–H groups in total. The fourth-order valence-electron chi connectivity index (χ4n) is 4.39. The van der Waals surface area contributed by atoms with Crippen LogP contribution >= 0.6 is 0 Å². The van der Waals surface area contributed by atoms with Crippen molar-refractivity contribution in [3.8, 4) is 0 Å². The Labute approximate surface area is 239 Å². The number of hydrogen-bond donors (Lipinski definition) is 0. The molecular formula is C31H50F2O7. The maximum atomic E-state index is 16.0. The highest BCUT2D eigenvalue weighted by Crippen LogP contribution is 2.37. The van der Waals surface area contributed by atoms with E-state index in [1.807, 2.05) is 20.8 Å². The third kappa shape index (κ3) is 11.0. The lowest BCUT2D eigenvalue weighted by atomic mass is 9.90. The van der Waals surface area contributed by atoms with Crippen molar-refractivity contribution in [2.24, 2.45) is 0 Å².